The van der Waals surface area contributed by atoms with Gasteiger partial charge in [0.1, 0.15) is 18.2 Å². The Kier molecular flexibility index (Phi) is 3.02. The van der Waals surface area contributed by atoms with Crippen molar-refractivity contribution in [2.45, 2.75) is 20.8 Å². The molecule has 2 heteroatoms. The zero-order valence-electron chi connectivity index (χ0n) is 14.0. The topological polar surface area (TPSA) is 17.0 Å². The highest BCUT2D eigenvalue weighted by Gasteiger charge is 2.20. The maximum absolute atomic E-state index is 6.37. The predicted octanol–water partition coefficient (Wildman–Crippen LogP) is 5.00. The molecule has 0 saturated heterocycles. The monoisotopic (exact) mass is 302 g/mol. The van der Waals surface area contributed by atoms with Crippen LogP contribution in [0, 0.1) is 20.8 Å². The third-order valence-electron chi connectivity index (χ3n) is 4.85. The maximum atomic E-state index is 6.37. The van der Waals surface area contributed by atoms with E-state index in [4.69, 9.17) is 4.42 Å². The van der Waals surface area contributed by atoms with Crippen LogP contribution in [-0.4, -0.2) is 0 Å². The van der Waals surface area contributed by atoms with Gasteiger partial charge in [-0.15, -0.1) is 0 Å². The molecule has 0 N–H and O–H groups in total. The van der Waals surface area contributed by atoms with E-state index in [1.54, 1.807) is 0 Å². The highest BCUT2D eigenvalue weighted by molar-refractivity contribution is 6.10. The van der Waals surface area contributed by atoms with Gasteiger partial charge >= 0.3 is 0 Å². The molecule has 0 saturated carbocycles. The lowest BCUT2D eigenvalue weighted by Crippen LogP contribution is -2.30. The van der Waals surface area contributed by atoms with Gasteiger partial charge in [0.2, 0.25) is 5.69 Å². The molecular formula is C21H20NO+. The summed E-state index contributed by atoms with van der Waals surface area (Å²) in [6.07, 6.45) is 2.08. The quantitative estimate of drug-likeness (QED) is 0.452. The van der Waals surface area contributed by atoms with Crippen LogP contribution in [0.25, 0.3) is 33.2 Å². The summed E-state index contributed by atoms with van der Waals surface area (Å²) in [7, 11) is 2.08. The average molecular weight is 302 g/mol. The Hall–Kier alpha value is -2.61. The van der Waals surface area contributed by atoms with E-state index in [1.807, 2.05) is 6.07 Å². The Morgan fingerprint density at radius 2 is 1.48 bits per heavy atom. The van der Waals surface area contributed by atoms with Crippen molar-refractivity contribution in [3.63, 3.8) is 0 Å². The first-order valence-corrected chi connectivity index (χ1v) is 7.95. The Morgan fingerprint density at radius 1 is 0.783 bits per heavy atom. The largest absolute Gasteiger partial charge is 0.455 e. The second kappa shape index (κ2) is 4.95. The van der Waals surface area contributed by atoms with Gasteiger partial charge in [-0.2, -0.15) is 0 Å². The van der Waals surface area contributed by atoms with Crippen molar-refractivity contribution in [2.75, 3.05) is 0 Å². The molecule has 0 radical (unpaired) electrons. The Balaban J connectivity index is 2.19. The molecule has 4 rings (SSSR count). The molecular weight excluding hydrogens is 282 g/mol. The van der Waals surface area contributed by atoms with Crippen LogP contribution in [0.2, 0.25) is 0 Å². The minimum atomic E-state index is 0.982. The van der Waals surface area contributed by atoms with Gasteiger partial charge in [-0.1, -0.05) is 24.3 Å². The van der Waals surface area contributed by atoms with Crippen LogP contribution >= 0.6 is 0 Å². The van der Waals surface area contributed by atoms with E-state index in [-0.39, 0.29) is 0 Å². The molecule has 2 heterocycles. The number of aryl methyl sites for hydroxylation is 4. The fourth-order valence-electron chi connectivity index (χ4n) is 3.34. The van der Waals surface area contributed by atoms with Crippen LogP contribution in [-0.2, 0) is 7.05 Å². The van der Waals surface area contributed by atoms with Crippen LogP contribution in [0.5, 0.6) is 0 Å². The molecule has 0 fully saturated rings. The molecule has 0 unspecified atom stereocenters. The highest BCUT2D eigenvalue weighted by atomic mass is 16.3. The Labute approximate surface area is 136 Å². The van der Waals surface area contributed by atoms with Gasteiger partial charge in [0, 0.05) is 22.9 Å². The fourth-order valence-corrected chi connectivity index (χ4v) is 3.34. The second-order valence-corrected chi connectivity index (χ2v) is 6.32. The fraction of sp³-hybridized carbons (Fsp3) is 0.190. The van der Waals surface area contributed by atoms with E-state index in [0.29, 0.717) is 0 Å². The summed E-state index contributed by atoms with van der Waals surface area (Å²) in [5.74, 6) is 0. The summed E-state index contributed by atoms with van der Waals surface area (Å²) >= 11 is 0. The number of fused-ring (bicyclic) bond motifs is 3. The number of aromatic nitrogens is 1. The molecule has 4 aromatic rings. The Morgan fingerprint density at radius 3 is 2.22 bits per heavy atom. The summed E-state index contributed by atoms with van der Waals surface area (Å²) in [5, 5.41) is 2.38. The van der Waals surface area contributed by atoms with Crippen molar-refractivity contribution in [2.24, 2.45) is 7.05 Å². The van der Waals surface area contributed by atoms with Gasteiger partial charge in [-0.25, -0.2) is 4.57 Å². The molecule has 0 aliphatic rings. The number of hydrogen-bond donors (Lipinski definition) is 0. The SMILES string of the molecule is Cc1ccc2c(oc3c(-c4cccc[n+]4C)c(C)ccc32)c1C. The number of benzene rings is 2. The smallest absolute Gasteiger partial charge is 0.216 e. The lowest BCUT2D eigenvalue weighted by Gasteiger charge is -2.04. The molecule has 0 atom stereocenters. The summed E-state index contributed by atoms with van der Waals surface area (Å²) in [6, 6.07) is 15.0. The average Bonchev–Trinajstić information content (AvgIpc) is 2.91. The minimum Gasteiger partial charge on any atom is -0.455 e. The molecule has 0 aliphatic heterocycles. The zero-order valence-corrected chi connectivity index (χ0v) is 14.0. The summed E-state index contributed by atoms with van der Waals surface area (Å²) < 4.78 is 8.52. The zero-order chi connectivity index (χ0) is 16.1. The summed E-state index contributed by atoms with van der Waals surface area (Å²) in [6.45, 7) is 6.41. The standard InChI is InChI=1S/C21H20NO/c1-13-8-10-16-17-11-9-14(2)19(18-7-5-6-12-22(18)4)21(17)23-20(16)15(13)3/h5-12H,1-4H3/q+1. The molecule has 23 heavy (non-hydrogen) atoms. The van der Waals surface area contributed by atoms with E-state index in [1.165, 1.54) is 38.7 Å². The molecule has 0 aliphatic carbocycles. The first-order chi connectivity index (χ1) is 11.1. The van der Waals surface area contributed by atoms with Gasteiger partial charge in [-0.05, 0) is 43.5 Å². The first-order valence-electron chi connectivity index (χ1n) is 7.95. The van der Waals surface area contributed by atoms with Crippen LogP contribution < -0.4 is 4.57 Å². The number of furan rings is 1. The normalized spacial score (nSPS) is 11.5. The number of pyridine rings is 1. The molecule has 0 amide bonds. The molecule has 2 aromatic heterocycles. The molecule has 0 bridgehead atoms. The Bertz CT molecular complexity index is 1060. The predicted molar refractivity (Wildman–Crippen MR) is 94.5 cm³/mol. The van der Waals surface area contributed by atoms with E-state index in [9.17, 15) is 0 Å². The van der Waals surface area contributed by atoms with E-state index in [0.717, 1.165) is 11.2 Å². The van der Waals surface area contributed by atoms with Crippen molar-refractivity contribution < 1.29 is 8.98 Å². The lowest BCUT2D eigenvalue weighted by atomic mass is 9.99. The number of rotatable bonds is 1. The van der Waals surface area contributed by atoms with Crippen LogP contribution in [0.15, 0.2) is 53.1 Å². The second-order valence-electron chi connectivity index (χ2n) is 6.32. The third kappa shape index (κ3) is 1.98. The minimum absolute atomic E-state index is 0.982. The number of hydrogen-bond acceptors (Lipinski definition) is 1. The van der Waals surface area contributed by atoms with Crippen molar-refractivity contribution in [1.82, 2.24) is 0 Å². The van der Waals surface area contributed by atoms with Crippen molar-refractivity contribution >= 4 is 21.9 Å². The number of nitrogens with zero attached hydrogens (tertiary/aromatic N) is 1. The molecule has 2 nitrogen and oxygen atoms in total. The van der Waals surface area contributed by atoms with E-state index in [2.05, 4.69) is 75.0 Å². The van der Waals surface area contributed by atoms with Crippen molar-refractivity contribution in [3.8, 4) is 11.3 Å². The van der Waals surface area contributed by atoms with Gasteiger partial charge < -0.3 is 4.42 Å². The van der Waals surface area contributed by atoms with Crippen LogP contribution in [0.1, 0.15) is 16.7 Å². The molecule has 114 valence electrons. The van der Waals surface area contributed by atoms with E-state index < -0.39 is 0 Å². The maximum Gasteiger partial charge on any atom is 0.216 e. The van der Waals surface area contributed by atoms with E-state index >= 15 is 0 Å². The summed E-state index contributed by atoms with van der Waals surface area (Å²) in [4.78, 5) is 0. The van der Waals surface area contributed by atoms with Gasteiger partial charge in [0.25, 0.3) is 0 Å². The lowest BCUT2D eigenvalue weighted by molar-refractivity contribution is -0.660. The van der Waals surface area contributed by atoms with Crippen molar-refractivity contribution in [3.05, 3.63) is 65.4 Å². The van der Waals surface area contributed by atoms with Crippen LogP contribution in [0.4, 0.5) is 0 Å². The first kappa shape index (κ1) is 14.0. The van der Waals surface area contributed by atoms with Crippen LogP contribution in [0.3, 0.4) is 0 Å². The van der Waals surface area contributed by atoms with Gasteiger partial charge in [0.05, 0.1) is 5.56 Å². The molecule has 0 spiro atoms. The van der Waals surface area contributed by atoms with Gasteiger partial charge in [-0.3, -0.25) is 0 Å². The molecule has 2 aromatic carbocycles. The summed E-state index contributed by atoms with van der Waals surface area (Å²) in [5.41, 5.74) is 8.05. The highest BCUT2D eigenvalue weighted by Crippen LogP contribution is 2.38. The third-order valence-corrected chi connectivity index (χ3v) is 4.85. The van der Waals surface area contributed by atoms with Crippen molar-refractivity contribution in [1.29, 1.82) is 0 Å². The van der Waals surface area contributed by atoms with Gasteiger partial charge in [0.15, 0.2) is 6.20 Å².